The SMILES string of the molecule is C[C@@H]1CN(c2ccc(-c3n[nH]c4ccc(N5CCCCC5)nc34)cn2)CCN1. The summed E-state index contributed by atoms with van der Waals surface area (Å²) in [4.78, 5) is 14.4. The molecule has 2 saturated heterocycles. The van der Waals surface area contributed by atoms with Crippen molar-refractivity contribution in [2.45, 2.75) is 32.2 Å². The number of pyridine rings is 2. The minimum absolute atomic E-state index is 0.489. The van der Waals surface area contributed by atoms with Crippen molar-refractivity contribution < 1.29 is 0 Å². The van der Waals surface area contributed by atoms with Crippen LogP contribution in [0.25, 0.3) is 22.3 Å². The number of hydrogen-bond acceptors (Lipinski definition) is 6. The second-order valence-electron chi connectivity index (χ2n) is 7.89. The standard InChI is InChI=1S/C21H27N7/c1-15-14-28(12-9-22-15)18-7-5-16(13-23-18)20-21-17(25-26-20)6-8-19(24-21)27-10-3-2-4-11-27/h5-8,13,15,22H,2-4,9-12,14H2,1H3,(H,25,26)/t15-/m1/s1. The molecule has 1 atom stereocenters. The van der Waals surface area contributed by atoms with Crippen LogP contribution in [0, 0.1) is 0 Å². The first kappa shape index (κ1) is 17.4. The van der Waals surface area contributed by atoms with E-state index in [1.54, 1.807) is 0 Å². The molecule has 2 N–H and O–H groups in total. The van der Waals surface area contributed by atoms with Crippen molar-refractivity contribution in [3.63, 3.8) is 0 Å². The van der Waals surface area contributed by atoms with Gasteiger partial charge in [-0.3, -0.25) is 5.10 Å². The van der Waals surface area contributed by atoms with Gasteiger partial charge in [-0.2, -0.15) is 5.10 Å². The Labute approximate surface area is 165 Å². The number of aromatic amines is 1. The van der Waals surface area contributed by atoms with E-state index in [0.717, 1.165) is 66.7 Å². The number of piperazine rings is 1. The Kier molecular flexibility index (Phi) is 4.60. The molecule has 5 heterocycles. The van der Waals surface area contributed by atoms with Crippen LogP contribution in [0.15, 0.2) is 30.5 Å². The summed E-state index contributed by atoms with van der Waals surface area (Å²) >= 11 is 0. The fourth-order valence-electron chi connectivity index (χ4n) is 4.24. The van der Waals surface area contributed by atoms with E-state index in [1.807, 2.05) is 6.20 Å². The number of aromatic nitrogens is 4. The fourth-order valence-corrected chi connectivity index (χ4v) is 4.24. The Balaban J connectivity index is 1.43. The van der Waals surface area contributed by atoms with Crippen molar-refractivity contribution >= 4 is 22.7 Å². The van der Waals surface area contributed by atoms with Gasteiger partial charge in [0, 0.05) is 50.5 Å². The lowest BCUT2D eigenvalue weighted by Crippen LogP contribution is -2.49. The lowest BCUT2D eigenvalue weighted by molar-refractivity contribution is 0.482. The zero-order valence-corrected chi connectivity index (χ0v) is 16.4. The highest BCUT2D eigenvalue weighted by Gasteiger charge is 2.18. The molecule has 0 saturated carbocycles. The topological polar surface area (TPSA) is 73.0 Å². The summed E-state index contributed by atoms with van der Waals surface area (Å²) in [6.07, 6.45) is 5.73. The second-order valence-corrected chi connectivity index (χ2v) is 7.89. The fraction of sp³-hybridized carbons (Fsp3) is 0.476. The molecule has 7 nitrogen and oxygen atoms in total. The van der Waals surface area contributed by atoms with Crippen LogP contribution in [0.4, 0.5) is 11.6 Å². The van der Waals surface area contributed by atoms with E-state index in [1.165, 1.54) is 19.3 Å². The first-order valence-corrected chi connectivity index (χ1v) is 10.3. The molecule has 0 aliphatic carbocycles. The van der Waals surface area contributed by atoms with Crippen LogP contribution in [0.2, 0.25) is 0 Å². The van der Waals surface area contributed by atoms with Crippen molar-refractivity contribution in [1.29, 1.82) is 0 Å². The van der Waals surface area contributed by atoms with Gasteiger partial charge in [-0.25, -0.2) is 9.97 Å². The number of H-pyrrole nitrogens is 1. The second kappa shape index (κ2) is 7.39. The van der Waals surface area contributed by atoms with Crippen LogP contribution in [0.1, 0.15) is 26.2 Å². The summed E-state index contributed by atoms with van der Waals surface area (Å²) in [5, 5.41) is 11.1. The number of piperidine rings is 1. The van der Waals surface area contributed by atoms with Crippen molar-refractivity contribution in [1.82, 2.24) is 25.5 Å². The summed E-state index contributed by atoms with van der Waals surface area (Å²) in [6, 6.07) is 8.89. The molecule has 0 radical (unpaired) electrons. The number of hydrogen-bond donors (Lipinski definition) is 2. The zero-order chi connectivity index (χ0) is 18.9. The van der Waals surface area contributed by atoms with Gasteiger partial charge in [0.1, 0.15) is 22.8 Å². The van der Waals surface area contributed by atoms with Crippen molar-refractivity contribution in [2.24, 2.45) is 0 Å². The molecule has 2 aliphatic heterocycles. The van der Waals surface area contributed by atoms with Gasteiger partial charge in [0.15, 0.2) is 0 Å². The summed E-state index contributed by atoms with van der Waals surface area (Å²) in [5.41, 5.74) is 3.77. The third-order valence-corrected chi connectivity index (χ3v) is 5.79. The summed E-state index contributed by atoms with van der Waals surface area (Å²) in [7, 11) is 0. The van der Waals surface area contributed by atoms with Gasteiger partial charge in [0.25, 0.3) is 0 Å². The lowest BCUT2D eigenvalue weighted by Gasteiger charge is -2.32. The van der Waals surface area contributed by atoms with E-state index in [0.29, 0.717) is 6.04 Å². The monoisotopic (exact) mass is 377 g/mol. The van der Waals surface area contributed by atoms with Crippen LogP contribution >= 0.6 is 0 Å². The maximum Gasteiger partial charge on any atom is 0.129 e. The Morgan fingerprint density at radius 1 is 0.964 bits per heavy atom. The van der Waals surface area contributed by atoms with Crippen LogP contribution in [0.3, 0.4) is 0 Å². The molecular formula is C21H27N7. The Bertz CT molecular complexity index is 943. The van der Waals surface area contributed by atoms with Crippen LogP contribution < -0.4 is 15.1 Å². The number of rotatable bonds is 3. The number of nitrogens with zero attached hydrogens (tertiary/aromatic N) is 5. The molecule has 5 rings (SSSR count). The number of anilines is 2. The van der Waals surface area contributed by atoms with Crippen LogP contribution in [-0.2, 0) is 0 Å². The summed E-state index contributed by atoms with van der Waals surface area (Å²) < 4.78 is 0. The molecule has 0 spiro atoms. The molecule has 7 heteroatoms. The highest BCUT2D eigenvalue weighted by atomic mass is 15.2. The van der Waals surface area contributed by atoms with Crippen LogP contribution in [0.5, 0.6) is 0 Å². The van der Waals surface area contributed by atoms with Crippen molar-refractivity contribution in [3.8, 4) is 11.3 Å². The number of nitrogens with one attached hydrogen (secondary N) is 2. The average molecular weight is 377 g/mol. The molecule has 3 aromatic heterocycles. The molecule has 3 aromatic rings. The van der Waals surface area contributed by atoms with E-state index >= 15 is 0 Å². The minimum atomic E-state index is 0.489. The van der Waals surface area contributed by atoms with Crippen molar-refractivity contribution in [2.75, 3.05) is 42.5 Å². The minimum Gasteiger partial charge on any atom is -0.357 e. The molecule has 146 valence electrons. The molecule has 0 aromatic carbocycles. The average Bonchev–Trinajstić information content (AvgIpc) is 3.18. The molecule has 2 aliphatic rings. The molecule has 0 unspecified atom stereocenters. The maximum absolute atomic E-state index is 4.94. The molecule has 0 bridgehead atoms. The summed E-state index contributed by atoms with van der Waals surface area (Å²) in [5.74, 6) is 2.08. The molecule has 2 fully saturated rings. The Morgan fingerprint density at radius 2 is 1.82 bits per heavy atom. The highest BCUT2D eigenvalue weighted by molar-refractivity contribution is 5.90. The molecular weight excluding hydrogens is 350 g/mol. The highest BCUT2D eigenvalue weighted by Crippen LogP contribution is 2.28. The normalized spacial score (nSPS) is 20.7. The number of fused-ring (bicyclic) bond motifs is 1. The van der Waals surface area contributed by atoms with Gasteiger partial charge in [0.05, 0.1) is 5.52 Å². The van der Waals surface area contributed by atoms with E-state index in [-0.39, 0.29) is 0 Å². The Morgan fingerprint density at radius 3 is 2.61 bits per heavy atom. The lowest BCUT2D eigenvalue weighted by atomic mass is 10.1. The predicted octanol–water partition coefficient (Wildman–Crippen LogP) is 2.81. The van der Waals surface area contributed by atoms with E-state index < -0.39 is 0 Å². The summed E-state index contributed by atoms with van der Waals surface area (Å²) in [6.45, 7) is 7.36. The molecule has 28 heavy (non-hydrogen) atoms. The smallest absolute Gasteiger partial charge is 0.129 e. The van der Waals surface area contributed by atoms with E-state index in [9.17, 15) is 0 Å². The van der Waals surface area contributed by atoms with Crippen molar-refractivity contribution in [3.05, 3.63) is 30.5 Å². The van der Waals surface area contributed by atoms with Gasteiger partial charge < -0.3 is 15.1 Å². The predicted molar refractivity (Wildman–Crippen MR) is 113 cm³/mol. The van der Waals surface area contributed by atoms with Crippen LogP contribution in [-0.4, -0.2) is 58.9 Å². The Hall–Kier alpha value is -2.67. The quantitative estimate of drug-likeness (QED) is 0.731. The van der Waals surface area contributed by atoms with Gasteiger partial charge in [-0.15, -0.1) is 0 Å². The van der Waals surface area contributed by atoms with Gasteiger partial charge in [-0.1, -0.05) is 0 Å². The van der Waals surface area contributed by atoms with Gasteiger partial charge in [-0.05, 0) is 50.5 Å². The molecule has 0 amide bonds. The van der Waals surface area contributed by atoms with Gasteiger partial charge >= 0.3 is 0 Å². The van der Waals surface area contributed by atoms with Gasteiger partial charge in [0.2, 0.25) is 0 Å². The zero-order valence-electron chi connectivity index (χ0n) is 16.4. The van der Waals surface area contributed by atoms with E-state index in [2.05, 4.69) is 56.5 Å². The third kappa shape index (κ3) is 3.30. The third-order valence-electron chi connectivity index (χ3n) is 5.79. The first-order chi connectivity index (χ1) is 13.8. The first-order valence-electron chi connectivity index (χ1n) is 10.3. The van der Waals surface area contributed by atoms with E-state index in [4.69, 9.17) is 9.97 Å². The largest absolute Gasteiger partial charge is 0.357 e. The maximum atomic E-state index is 4.94.